The first-order valence-corrected chi connectivity index (χ1v) is 8.55. The summed E-state index contributed by atoms with van der Waals surface area (Å²) in [7, 11) is 0. The zero-order valence-corrected chi connectivity index (χ0v) is 14.4. The summed E-state index contributed by atoms with van der Waals surface area (Å²) in [4.78, 5) is 18.5. The van der Waals surface area contributed by atoms with Crippen molar-refractivity contribution in [3.63, 3.8) is 0 Å². The van der Waals surface area contributed by atoms with E-state index in [4.69, 9.17) is 5.11 Å². The molecule has 0 aliphatic rings. The minimum atomic E-state index is -0.994. The van der Waals surface area contributed by atoms with Gasteiger partial charge < -0.3 is 15.4 Å². The van der Waals surface area contributed by atoms with E-state index in [0.29, 0.717) is 13.0 Å². The van der Waals surface area contributed by atoms with Crippen molar-refractivity contribution in [2.75, 3.05) is 6.54 Å². The van der Waals surface area contributed by atoms with Gasteiger partial charge in [-0.3, -0.25) is 0 Å². The number of aryl methyl sites for hydroxylation is 1. The van der Waals surface area contributed by atoms with Crippen LogP contribution in [-0.2, 0) is 6.42 Å². The lowest BCUT2D eigenvalue weighted by Crippen LogP contribution is -2.23. The van der Waals surface area contributed by atoms with E-state index in [1.807, 2.05) is 24.4 Å². The Hall–Kier alpha value is -3.34. The number of nitrogens with zero attached hydrogens (tertiary/aromatic N) is 1. The molecule has 26 heavy (non-hydrogen) atoms. The van der Waals surface area contributed by atoms with Crippen molar-refractivity contribution in [2.24, 2.45) is 0 Å². The van der Waals surface area contributed by atoms with E-state index in [0.717, 1.165) is 33.2 Å². The average molecular weight is 345 g/mol. The molecule has 0 bridgehead atoms. The lowest BCUT2D eigenvalue weighted by molar-refractivity contribution is 0.194. The van der Waals surface area contributed by atoms with Crippen LogP contribution >= 0.6 is 0 Å². The molecule has 0 fully saturated rings. The Bertz CT molecular complexity index is 1110. The fourth-order valence-corrected chi connectivity index (χ4v) is 3.38. The number of benzene rings is 2. The van der Waals surface area contributed by atoms with Crippen LogP contribution in [0.3, 0.4) is 0 Å². The number of H-pyrrole nitrogens is 1. The number of fused-ring (bicyclic) bond motifs is 3. The Labute approximate surface area is 150 Å². The van der Waals surface area contributed by atoms with Gasteiger partial charge >= 0.3 is 6.09 Å². The summed E-state index contributed by atoms with van der Waals surface area (Å²) in [5, 5.41) is 13.4. The van der Waals surface area contributed by atoms with Gasteiger partial charge in [-0.2, -0.15) is 0 Å². The van der Waals surface area contributed by atoms with Crippen molar-refractivity contribution in [1.82, 2.24) is 15.3 Å². The number of pyridine rings is 1. The minimum Gasteiger partial charge on any atom is -0.465 e. The molecule has 4 rings (SSSR count). The highest BCUT2D eigenvalue weighted by atomic mass is 16.4. The van der Waals surface area contributed by atoms with Gasteiger partial charge in [0, 0.05) is 29.0 Å². The second-order valence-corrected chi connectivity index (χ2v) is 6.44. The topological polar surface area (TPSA) is 78.0 Å². The molecule has 3 N–H and O–H groups in total. The molecule has 0 saturated heterocycles. The molecule has 5 heteroatoms. The fourth-order valence-electron chi connectivity index (χ4n) is 3.38. The molecule has 130 valence electrons. The zero-order valence-electron chi connectivity index (χ0n) is 14.4. The molecular formula is C21H19N3O2. The third-order valence-electron chi connectivity index (χ3n) is 4.58. The van der Waals surface area contributed by atoms with E-state index in [1.165, 1.54) is 10.9 Å². The van der Waals surface area contributed by atoms with Gasteiger partial charge in [-0.25, -0.2) is 9.78 Å². The Morgan fingerprint density at radius 1 is 1.19 bits per heavy atom. The van der Waals surface area contributed by atoms with Gasteiger partial charge in [0.2, 0.25) is 0 Å². The van der Waals surface area contributed by atoms with Crippen LogP contribution in [0.15, 0.2) is 54.7 Å². The smallest absolute Gasteiger partial charge is 0.404 e. The van der Waals surface area contributed by atoms with Crippen LogP contribution in [0.4, 0.5) is 4.79 Å². The lowest BCUT2D eigenvalue weighted by atomic mass is 9.98. The summed E-state index contributed by atoms with van der Waals surface area (Å²) in [6.07, 6.45) is 1.48. The summed E-state index contributed by atoms with van der Waals surface area (Å²) in [6.45, 7) is 2.49. The maximum absolute atomic E-state index is 10.6. The molecule has 0 unspecified atom stereocenters. The van der Waals surface area contributed by atoms with Crippen molar-refractivity contribution in [1.29, 1.82) is 0 Å². The highest BCUT2D eigenvalue weighted by molar-refractivity contribution is 6.13. The fraction of sp³-hybridized carbons (Fsp3) is 0.143. The third kappa shape index (κ3) is 2.99. The number of rotatable bonds is 4. The number of hydrogen-bond donors (Lipinski definition) is 3. The molecule has 2 aromatic carbocycles. The number of hydrogen-bond acceptors (Lipinski definition) is 2. The van der Waals surface area contributed by atoms with Crippen LogP contribution in [0.1, 0.15) is 11.1 Å². The van der Waals surface area contributed by atoms with Crippen LogP contribution in [0, 0.1) is 6.92 Å². The molecular weight excluding hydrogens is 326 g/mol. The first-order chi connectivity index (χ1) is 12.6. The second kappa shape index (κ2) is 6.52. The second-order valence-electron chi connectivity index (χ2n) is 6.44. The minimum absolute atomic E-state index is 0.400. The molecule has 1 amide bonds. The summed E-state index contributed by atoms with van der Waals surface area (Å²) >= 11 is 0. The van der Waals surface area contributed by atoms with Crippen molar-refractivity contribution in [3.8, 4) is 11.1 Å². The number of aromatic nitrogens is 2. The van der Waals surface area contributed by atoms with Gasteiger partial charge in [0.15, 0.2) is 0 Å². The standard InChI is InChI=1S/C21H19N3O2/c1-13-5-6-18-17(11-13)19-16(8-10-22-20(19)24-18)15-4-2-3-14(12-15)7-9-23-21(25)26/h2-6,8,10-12,23H,7,9H2,1H3,(H,22,24)(H,25,26). The molecule has 4 aromatic rings. The predicted molar refractivity (Wildman–Crippen MR) is 104 cm³/mol. The maximum Gasteiger partial charge on any atom is 0.404 e. The van der Waals surface area contributed by atoms with Gasteiger partial charge in [-0.15, -0.1) is 0 Å². The first-order valence-electron chi connectivity index (χ1n) is 8.55. The molecule has 5 nitrogen and oxygen atoms in total. The molecule has 0 aliphatic heterocycles. The highest BCUT2D eigenvalue weighted by Crippen LogP contribution is 2.34. The van der Waals surface area contributed by atoms with Crippen molar-refractivity contribution in [3.05, 3.63) is 65.9 Å². The zero-order chi connectivity index (χ0) is 18.1. The van der Waals surface area contributed by atoms with Crippen LogP contribution in [-0.4, -0.2) is 27.7 Å². The molecule has 0 radical (unpaired) electrons. The number of nitrogens with one attached hydrogen (secondary N) is 2. The largest absolute Gasteiger partial charge is 0.465 e. The Balaban J connectivity index is 1.80. The van der Waals surface area contributed by atoms with Crippen LogP contribution < -0.4 is 5.32 Å². The van der Waals surface area contributed by atoms with Gasteiger partial charge in [0.25, 0.3) is 0 Å². The molecule has 0 spiro atoms. The van der Waals surface area contributed by atoms with E-state index < -0.39 is 6.09 Å². The van der Waals surface area contributed by atoms with Crippen LogP contribution in [0.5, 0.6) is 0 Å². The molecule has 0 atom stereocenters. The van der Waals surface area contributed by atoms with Crippen molar-refractivity contribution < 1.29 is 9.90 Å². The van der Waals surface area contributed by atoms with Gasteiger partial charge in [-0.1, -0.05) is 35.9 Å². The van der Waals surface area contributed by atoms with Crippen molar-refractivity contribution in [2.45, 2.75) is 13.3 Å². The third-order valence-corrected chi connectivity index (χ3v) is 4.58. The Morgan fingerprint density at radius 2 is 2.08 bits per heavy atom. The van der Waals surface area contributed by atoms with E-state index >= 15 is 0 Å². The lowest BCUT2D eigenvalue weighted by Gasteiger charge is -2.08. The predicted octanol–water partition coefficient (Wildman–Crippen LogP) is 4.50. The van der Waals surface area contributed by atoms with Gasteiger partial charge in [0.05, 0.1) is 0 Å². The number of carbonyl (C=O) groups is 1. The van der Waals surface area contributed by atoms with E-state index in [-0.39, 0.29) is 0 Å². The highest BCUT2D eigenvalue weighted by Gasteiger charge is 2.12. The SMILES string of the molecule is Cc1ccc2[nH]c3nccc(-c4cccc(CCNC(=O)O)c4)c3c2c1. The molecule has 2 aromatic heterocycles. The molecule has 0 saturated carbocycles. The van der Waals surface area contributed by atoms with E-state index in [9.17, 15) is 4.79 Å². The average Bonchev–Trinajstić information content (AvgIpc) is 2.99. The van der Waals surface area contributed by atoms with Crippen LogP contribution in [0.2, 0.25) is 0 Å². The summed E-state index contributed by atoms with van der Waals surface area (Å²) in [6, 6.07) is 16.6. The van der Waals surface area contributed by atoms with E-state index in [2.05, 4.69) is 52.5 Å². The van der Waals surface area contributed by atoms with Gasteiger partial charge in [0.1, 0.15) is 5.65 Å². The maximum atomic E-state index is 10.6. The van der Waals surface area contributed by atoms with Gasteiger partial charge in [-0.05, 0) is 48.2 Å². The molecule has 0 aliphatic carbocycles. The Morgan fingerprint density at radius 3 is 2.92 bits per heavy atom. The number of aromatic amines is 1. The Kier molecular flexibility index (Phi) is 4.05. The number of carboxylic acid groups (broad SMARTS) is 1. The van der Waals surface area contributed by atoms with E-state index in [1.54, 1.807) is 0 Å². The summed E-state index contributed by atoms with van der Waals surface area (Å²) in [5.74, 6) is 0. The van der Waals surface area contributed by atoms with Crippen molar-refractivity contribution >= 4 is 28.0 Å². The number of amides is 1. The molecule has 2 heterocycles. The monoisotopic (exact) mass is 345 g/mol. The first kappa shape index (κ1) is 16.1. The summed E-state index contributed by atoms with van der Waals surface area (Å²) < 4.78 is 0. The summed E-state index contributed by atoms with van der Waals surface area (Å²) in [5.41, 5.74) is 6.49. The normalized spacial score (nSPS) is 11.1. The van der Waals surface area contributed by atoms with Crippen LogP contribution in [0.25, 0.3) is 33.1 Å². The quantitative estimate of drug-likeness (QED) is 0.509.